The van der Waals surface area contributed by atoms with E-state index >= 15 is 0 Å². The number of hydrogen-bond acceptors (Lipinski definition) is 2. The Balaban J connectivity index is 2.13. The third kappa shape index (κ3) is 3.66. The topological polar surface area (TPSA) is 41.1 Å². The second-order valence-electron chi connectivity index (χ2n) is 4.33. The Bertz CT molecular complexity index is 182. The van der Waals surface area contributed by atoms with E-state index in [1.54, 1.807) is 7.05 Å². The lowest BCUT2D eigenvalue weighted by Gasteiger charge is -2.28. The normalized spacial score (nSPS) is 27.3. The quantitative estimate of drug-likeness (QED) is 0.711. The highest BCUT2D eigenvalue weighted by Crippen LogP contribution is 2.28. The summed E-state index contributed by atoms with van der Waals surface area (Å²) >= 11 is 0. The minimum absolute atomic E-state index is 0.0773. The zero-order valence-electron chi connectivity index (χ0n) is 9.31. The lowest BCUT2D eigenvalue weighted by molar-refractivity contribution is -0.119. The van der Waals surface area contributed by atoms with Crippen LogP contribution >= 0.6 is 0 Å². The summed E-state index contributed by atoms with van der Waals surface area (Å²) < 4.78 is 0. The van der Waals surface area contributed by atoms with E-state index < -0.39 is 0 Å². The van der Waals surface area contributed by atoms with Crippen LogP contribution in [0.2, 0.25) is 0 Å². The van der Waals surface area contributed by atoms with Crippen LogP contribution in [0.3, 0.4) is 0 Å². The summed E-state index contributed by atoms with van der Waals surface area (Å²) in [6.45, 7) is 3.78. The van der Waals surface area contributed by atoms with Crippen LogP contribution in [-0.4, -0.2) is 26.0 Å². The molecule has 14 heavy (non-hydrogen) atoms. The fraction of sp³-hybridized carbons (Fsp3) is 0.909. The molecule has 0 radical (unpaired) electrons. The third-order valence-electron chi connectivity index (χ3n) is 3.26. The van der Waals surface area contributed by atoms with Crippen LogP contribution in [0.5, 0.6) is 0 Å². The number of likely N-dealkylation sites (N-methyl/N-ethyl adjacent to an activating group) is 1. The molecule has 82 valence electrons. The monoisotopic (exact) mass is 198 g/mol. The van der Waals surface area contributed by atoms with Gasteiger partial charge in [0.1, 0.15) is 0 Å². The molecule has 2 N–H and O–H groups in total. The molecule has 1 saturated carbocycles. The largest absolute Gasteiger partial charge is 0.358 e. The third-order valence-corrected chi connectivity index (χ3v) is 3.26. The Morgan fingerprint density at radius 3 is 2.71 bits per heavy atom. The first kappa shape index (κ1) is 11.5. The lowest BCUT2D eigenvalue weighted by atomic mass is 9.80. The smallest absolute Gasteiger partial charge is 0.233 e. The predicted molar refractivity (Wildman–Crippen MR) is 58.1 cm³/mol. The summed E-state index contributed by atoms with van der Waals surface area (Å²) in [5.41, 5.74) is 0. The van der Waals surface area contributed by atoms with Crippen LogP contribution in [0.1, 0.15) is 32.6 Å². The van der Waals surface area contributed by atoms with Gasteiger partial charge in [-0.25, -0.2) is 0 Å². The van der Waals surface area contributed by atoms with E-state index in [9.17, 15) is 4.79 Å². The van der Waals surface area contributed by atoms with E-state index in [0.717, 1.165) is 18.4 Å². The molecule has 1 amide bonds. The summed E-state index contributed by atoms with van der Waals surface area (Å²) in [5, 5.41) is 5.84. The van der Waals surface area contributed by atoms with E-state index in [2.05, 4.69) is 17.6 Å². The van der Waals surface area contributed by atoms with Gasteiger partial charge in [-0.2, -0.15) is 0 Å². The highest BCUT2D eigenvalue weighted by atomic mass is 16.1. The first-order valence-corrected chi connectivity index (χ1v) is 5.65. The lowest BCUT2D eigenvalue weighted by Crippen LogP contribution is -2.36. The highest BCUT2D eigenvalue weighted by Gasteiger charge is 2.20. The molecule has 2 atom stereocenters. The molecule has 1 fully saturated rings. The van der Waals surface area contributed by atoms with Crippen molar-refractivity contribution >= 4 is 5.91 Å². The molecule has 0 spiro atoms. The van der Waals surface area contributed by atoms with Gasteiger partial charge >= 0.3 is 0 Å². The van der Waals surface area contributed by atoms with Crippen molar-refractivity contribution in [3.8, 4) is 0 Å². The second kappa shape index (κ2) is 6.02. The molecule has 0 aromatic heterocycles. The Kier molecular flexibility index (Phi) is 4.94. The molecule has 0 saturated heterocycles. The zero-order valence-corrected chi connectivity index (χ0v) is 9.31. The number of hydrogen-bond donors (Lipinski definition) is 2. The fourth-order valence-corrected chi connectivity index (χ4v) is 2.16. The first-order chi connectivity index (χ1) is 6.74. The Morgan fingerprint density at radius 2 is 2.07 bits per heavy atom. The Morgan fingerprint density at radius 1 is 1.36 bits per heavy atom. The molecule has 1 rings (SSSR count). The highest BCUT2D eigenvalue weighted by molar-refractivity contribution is 5.77. The van der Waals surface area contributed by atoms with Gasteiger partial charge in [0.2, 0.25) is 5.91 Å². The van der Waals surface area contributed by atoms with Gasteiger partial charge in [-0.1, -0.05) is 26.2 Å². The minimum Gasteiger partial charge on any atom is -0.358 e. The number of nitrogens with one attached hydrogen (secondary N) is 2. The molecule has 1 aliphatic carbocycles. The van der Waals surface area contributed by atoms with Crippen LogP contribution in [0.25, 0.3) is 0 Å². The number of amides is 1. The van der Waals surface area contributed by atoms with Crippen molar-refractivity contribution in [2.75, 3.05) is 20.1 Å². The number of rotatable bonds is 4. The SMILES string of the molecule is CNC(=O)CNCC1CCCCC1C. The van der Waals surface area contributed by atoms with Crippen molar-refractivity contribution in [1.82, 2.24) is 10.6 Å². The van der Waals surface area contributed by atoms with E-state index in [-0.39, 0.29) is 5.91 Å². The van der Waals surface area contributed by atoms with Crippen molar-refractivity contribution in [1.29, 1.82) is 0 Å². The zero-order chi connectivity index (χ0) is 10.4. The number of carbonyl (C=O) groups is 1. The van der Waals surface area contributed by atoms with Crippen molar-refractivity contribution in [2.24, 2.45) is 11.8 Å². The molecule has 0 aliphatic heterocycles. The summed E-state index contributed by atoms with van der Waals surface area (Å²) in [5.74, 6) is 1.67. The molecular weight excluding hydrogens is 176 g/mol. The first-order valence-electron chi connectivity index (χ1n) is 5.65. The van der Waals surface area contributed by atoms with Gasteiger partial charge in [-0.3, -0.25) is 4.79 Å². The summed E-state index contributed by atoms with van der Waals surface area (Å²) in [6, 6.07) is 0. The Labute approximate surface area is 86.6 Å². The molecule has 3 heteroatoms. The second-order valence-corrected chi connectivity index (χ2v) is 4.33. The molecule has 0 aromatic carbocycles. The molecule has 1 aliphatic rings. The van der Waals surface area contributed by atoms with E-state index in [1.165, 1.54) is 25.7 Å². The van der Waals surface area contributed by atoms with Gasteiger partial charge in [0, 0.05) is 7.05 Å². The van der Waals surface area contributed by atoms with Gasteiger partial charge < -0.3 is 10.6 Å². The van der Waals surface area contributed by atoms with Gasteiger partial charge in [-0.05, 0) is 24.8 Å². The summed E-state index contributed by atoms with van der Waals surface area (Å²) in [7, 11) is 1.67. The molecule has 0 aromatic rings. The van der Waals surface area contributed by atoms with E-state index in [4.69, 9.17) is 0 Å². The average Bonchev–Trinajstić information content (AvgIpc) is 2.20. The Hall–Kier alpha value is -0.570. The summed E-state index contributed by atoms with van der Waals surface area (Å²) in [6.07, 6.45) is 5.41. The molecule has 0 bridgehead atoms. The van der Waals surface area contributed by atoms with Crippen molar-refractivity contribution in [3.05, 3.63) is 0 Å². The molecule has 2 unspecified atom stereocenters. The van der Waals surface area contributed by atoms with Crippen LogP contribution in [0, 0.1) is 11.8 Å². The molecular formula is C11H22N2O. The van der Waals surface area contributed by atoms with E-state index in [1.807, 2.05) is 0 Å². The van der Waals surface area contributed by atoms with Crippen molar-refractivity contribution < 1.29 is 4.79 Å². The molecule has 3 nitrogen and oxygen atoms in total. The van der Waals surface area contributed by atoms with E-state index in [0.29, 0.717) is 6.54 Å². The maximum atomic E-state index is 11.0. The van der Waals surface area contributed by atoms with Gasteiger partial charge in [-0.15, -0.1) is 0 Å². The molecule has 0 heterocycles. The van der Waals surface area contributed by atoms with Gasteiger partial charge in [0.05, 0.1) is 6.54 Å². The van der Waals surface area contributed by atoms with Crippen LogP contribution in [-0.2, 0) is 4.79 Å². The fourth-order valence-electron chi connectivity index (χ4n) is 2.16. The van der Waals surface area contributed by atoms with Crippen molar-refractivity contribution in [3.63, 3.8) is 0 Å². The van der Waals surface area contributed by atoms with Crippen LogP contribution in [0.4, 0.5) is 0 Å². The van der Waals surface area contributed by atoms with Crippen LogP contribution in [0.15, 0.2) is 0 Å². The summed E-state index contributed by atoms with van der Waals surface area (Å²) in [4.78, 5) is 11.0. The number of carbonyl (C=O) groups excluding carboxylic acids is 1. The predicted octanol–water partition coefficient (Wildman–Crippen LogP) is 1.15. The van der Waals surface area contributed by atoms with Gasteiger partial charge in [0.15, 0.2) is 0 Å². The minimum atomic E-state index is 0.0773. The standard InChI is InChI=1S/C11H22N2O/c1-9-5-3-4-6-10(9)7-13-8-11(14)12-2/h9-10,13H,3-8H2,1-2H3,(H,12,14). The van der Waals surface area contributed by atoms with Crippen LogP contribution < -0.4 is 10.6 Å². The van der Waals surface area contributed by atoms with Crippen molar-refractivity contribution in [2.45, 2.75) is 32.6 Å². The maximum Gasteiger partial charge on any atom is 0.233 e. The van der Waals surface area contributed by atoms with Gasteiger partial charge in [0.25, 0.3) is 0 Å². The maximum absolute atomic E-state index is 11.0. The average molecular weight is 198 g/mol.